The van der Waals surface area contributed by atoms with Gasteiger partial charge in [-0.1, -0.05) is 60.7 Å². The number of nitrogens with zero attached hydrogens (tertiary/aromatic N) is 2. The number of hydrogen-bond donors (Lipinski definition) is 0. The molecule has 11 rings (SSSR count). The normalized spacial score (nSPS) is 11.9. The first kappa shape index (κ1) is 27.9. The van der Waals surface area contributed by atoms with Crippen LogP contribution in [0.1, 0.15) is 0 Å². The van der Waals surface area contributed by atoms with Crippen molar-refractivity contribution in [1.29, 1.82) is 0 Å². The van der Waals surface area contributed by atoms with Gasteiger partial charge in [0.1, 0.15) is 33.5 Å². The summed E-state index contributed by atoms with van der Waals surface area (Å²) in [6, 6.07) is 53.8. The van der Waals surface area contributed by atoms with Crippen molar-refractivity contribution in [3.63, 3.8) is 0 Å². The van der Waals surface area contributed by atoms with Crippen LogP contribution in [0, 0.1) is 0 Å². The molecule has 5 heteroatoms. The lowest BCUT2D eigenvalue weighted by Crippen LogP contribution is -1.92. The van der Waals surface area contributed by atoms with Gasteiger partial charge in [0.25, 0.3) is 0 Å². The number of para-hydroxylation sites is 2. The highest BCUT2D eigenvalue weighted by molar-refractivity contribution is 6.09. The maximum atomic E-state index is 6.29. The number of aromatic nitrogens is 2. The van der Waals surface area contributed by atoms with Crippen LogP contribution < -0.4 is 0 Å². The molecule has 0 amide bonds. The van der Waals surface area contributed by atoms with E-state index in [1.165, 1.54) is 0 Å². The molecule has 11 aromatic rings. The van der Waals surface area contributed by atoms with Crippen LogP contribution in [-0.2, 0) is 0 Å². The van der Waals surface area contributed by atoms with Crippen molar-refractivity contribution >= 4 is 65.8 Å². The number of furan rings is 3. The first-order valence-electron chi connectivity index (χ1n) is 17.0. The monoisotopic (exact) mass is 654 g/mol. The summed E-state index contributed by atoms with van der Waals surface area (Å²) in [4.78, 5) is 10.2. The summed E-state index contributed by atoms with van der Waals surface area (Å²) in [6.07, 6.45) is 0. The Labute approximate surface area is 291 Å². The van der Waals surface area contributed by atoms with Crippen LogP contribution in [0.5, 0.6) is 0 Å². The molecule has 0 spiro atoms. The van der Waals surface area contributed by atoms with Gasteiger partial charge in [0.05, 0.1) is 22.8 Å². The predicted molar refractivity (Wildman–Crippen MR) is 206 cm³/mol. The van der Waals surface area contributed by atoms with Gasteiger partial charge in [-0.3, -0.25) is 0 Å². The number of hydrogen-bond acceptors (Lipinski definition) is 5. The van der Waals surface area contributed by atoms with Crippen LogP contribution in [0.2, 0.25) is 0 Å². The van der Waals surface area contributed by atoms with Crippen LogP contribution in [0.4, 0.5) is 0 Å². The molecular formula is C46H26N2O3. The van der Waals surface area contributed by atoms with Gasteiger partial charge in [-0.2, -0.15) is 0 Å². The van der Waals surface area contributed by atoms with E-state index < -0.39 is 0 Å². The molecule has 0 saturated heterocycles. The minimum absolute atomic E-state index is 0.811. The van der Waals surface area contributed by atoms with Crippen molar-refractivity contribution in [2.45, 2.75) is 0 Å². The van der Waals surface area contributed by atoms with E-state index in [1.807, 2.05) is 84.9 Å². The zero-order valence-electron chi connectivity index (χ0n) is 27.1. The summed E-state index contributed by atoms with van der Waals surface area (Å²) in [6.45, 7) is 0. The lowest BCUT2D eigenvalue weighted by atomic mass is 10.00. The third-order valence-electron chi connectivity index (χ3n) is 9.91. The van der Waals surface area contributed by atoms with Crippen molar-refractivity contribution in [1.82, 2.24) is 9.97 Å². The molecule has 0 aliphatic carbocycles. The fourth-order valence-electron chi connectivity index (χ4n) is 7.38. The maximum absolute atomic E-state index is 6.29. The molecule has 0 N–H and O–H groups in total. The molecule has 5 nitrogen and oxygen atoms in total. The Bertz CT molecular complexity index is 3160. The van der Waals surface area contributed by atoms with E-state index in [-0.39, 0.29) is 0 Å². The van der Waals surface area contributed by atoms with Gasteiger partial charge >= 0.3 is 0 Å². The Hall–Kier alpha value is -6.98. The number of fused-ring (bicyclic) bond motifs is 9. The van der Waals surface area contributed by atoms with E-state index in [9.17, 15) is 0 Å². The summed E-state index contributed by atoms with van der Waals surface area (Å²) < 4.78 is 18.4. The largest absolute Gasteiger partial charge is 0.456 e. The highest BCUT2D eigenvalue weighted by Crippen LogP contribution is 2.38. The van der Waals surface area contributed by atoms with Crippen LogP contribution in [0.3, 0.4) is 0 Å². The number of benzene rings is 6. The van der Waals surface area contributed by atoms with Gasteiger partial charge in [-0.15, -0.1) is 0 Å². The second-order valence-corrected chi connectivity index (χ2v) is 13.0. The second-order valence-electron chi connectivity index (χ2n) is 13.0. The average Bonchev–Trinajstić information content (AvgIpc) is 3.88. The van der Waals surface area contributed by atoms with Crippen molar-refractivity contribution < 1.29 is 13.3 Å². The Balaban J connectivity index is 0.960. The van der Waals surface area contributed by atoms with Crippen molar-refractivity contribution in [3.8, 4) is 45.0 Å². The molecule has 0 bridgehead atoms. The zero-order valence-corrected chi connectivity index (χ0v) is 27.1. The van der Waals surface area contributed by atoms with E-state index in [0.717, 1.165) is 111 Å². The van der Waals surface area contributed by atoms with Crippen molar-refractivity contribution in [3.05, 3.63) is 158 Å². The molecule has 51 heavy (non-hydrogen) atoms. The number of pyridine rings is 2. The van der Waals surface area contributed by atoms with Gasteiger partial charge < -0.3 is 13.3 Å². The molecule has 0 aliphatic heterocycles. The SMILES string of the molecule is c1cc(-c2ccc3oc4ccccc4c3c2)nc(-c2cccc(-c3ccc4oc5ccc(-c6ccc7oc8ccccc8c7c6)cc5c4c3)n2)c1. The summed E-state index contributed by atoms with van der Waals surface area (Å²) >= 11 is 0. The fraction of sp³-hybridized carbons (Fsp3) is 0. The lowest BCUT2D eigenvalue weighted by molar-refractivity contribution is 0.668. The Kier molecular flexibility index (Phi) is 5.89. The molecule has 6 aromatic carbocycles. The topological polar surface area (TPSA) is 65.2 Å². The fourth-order valence-corrected chi connectivity index (χ4v) is 7.38. The summed E-state index contributed by atoms with van der Waals surface area (Å²) in [5.41, 5.74) is 12.9. The number of rotatable bonds is 4. The van der Waals surface area contributed by atoms with Crippen LogP contribution in [0.15, 0.2) is 171 Å². The highest BCUT2D eigenvalue weighted by atomic mass is 16.3. The quantitative estimate of drug-likeness (QED) is 0.189. The molecule has 0 radical (unpaired) electrons. The van der Waals surface area contributed by atoms with E-state index in [0.29, 0.717) is 0 Å². The molecule has 5 heterocycles. The lowest BCUT2D eigenvalue weighted by Gasteiger charge is -2.07. The minimum atomic E-state index is 0.811. The summed E-state index contributed by atoms with van der Waals surface area (Å²) in [5.74, 6) is 0. The van der Waals surface area contributed by atoms with Gasteiger partial charge in [0.15, 0.2) is 0 Å². The highest BCUT2D eigenvalue weighted by Gasteiger charge is 2.14. The van der Waals surface area contributed by atoms with Gasteiger partial charge in [0, 0.05) is 43.4 Å². The molecule has 0 atom stereocenters. The van der Waals surface area contributed by atoms with Gasteiger partial charge in [0.2, 0.25) is 0 Å². The van der Waals surface area contributed by atoms with Gasteiger partial charge in [-0.05, 0) is 108 Å². The first-order chi connectivity index (χ1) is 25.2. The molecule has 0 fully saturated rings. The van der Waals surface area contributed by atoms with Crippen molar-refractivity contribution in [2.75, 3.05) is 0 Å². The van der Waals surface area contributed by atoms with E-state index >= 15 is 0 Å². The second kappa shape index (κ2) is 10.8. The molecule has 0 aliphatic rings. The predicted octanol–water partition coefficient (Wildman–Crippen LogP) is 12.8. The molecule has 238 valence electrons. The smallest absolute Gasteiger partial charge is 0.135 e. The van der Waals surface area contributed by atoms with E-state index in [4.69, 9.17) is 23.2 Å². The first-order valence-corrected chi connectivity index (χ1v) is 17.0. The van der Waals surface area contributed by atoms with Crippen LogP contribution in [-0.4, -0.2) is 9.97 Å². The Morgan fingerprint density at radius 2 is 0.588 bits per heavy atom. The summed E-state index contributed by atoms with van der Waals surface area (Å²) in [7, 11) is 0. The molecule has 0 saturated carbocycles. The van der Waals surface area contributed by atoms with Crippen LogP contribution in [0.25, 0.3) is 111 Å². The summed E-state index contributed by atoms with van der Waals surface area (Å²) in [5, 5.41) is 6.53. The van der Waals surface area contributed by atoms with E-state index in [2.05, 4.69) is 72.8 Å². The van der Waals surface area contributed by atoms with E-state index in [1.54, 1.807) is 0 Å². The average molecular weight is 655 g/mol. The molecular weight excluding hydrogens is 629 g/mol. The molecule has 5 aromatic heterocycles. The molecule has 0 unspecified atom stereocenters. The van der Waals surface area contributed by atoms with Crippen LogP contribution >= 0.6 is 0 Å². The zero-order chi connectivity index (χ0) is 33.5. The standard InChI is InChI=1S/C46H26N2O3/c1-3-13-41-31(7-1)33-23-27(15-19-43(33)49-41)28-16-20-45-35(24-28)36-26-30(18-22-46(36)51-45)38-10-6-12-40(48-38)39-11-5-9-37(47-39)29-17-21-44-34(25-29)32-8-2-4-14-42(32)50-44/h1-26H. The third-order valence-corrected chi connectivity index (χ3v) is 9.91. The Morgan fingerprint density at radius 1 is 0.255 bits per heavy atom. The third kappa shape index (κ3) is 4.49. The van der Waals surface area contributed by atoms with Gasteiger partial charge in [-0.25, -0.2) is 9.97 Å². The van der Waals surface area contributed by atoms with Crippen molar-refractivity contribution in [2.24, 2.45) is 0 Å². The maximum Gasteiger partial charge on any atom is 0.135 e. The minimum Gasteiger partial charge on any atom is -0.456 e. The Morgan fingerprint density at radius 3 is 1.04 bits per heavy atom.